The number of thiophene rings is 1. The van der Waals surface area contributed by atoms with E-state index in [-0.39, 0.29) is 5.91 Å². The van der Waals surface area contributed by atoms with E-state index in [1.807, 2.05) is 17.0 Å². The summed E-state index contributed by atoms with van der Waals surface area (Å²) in [6, 6.07) is 4.04. The Morgan fingerprint density at radius 3 is 2.79 bits per heavy atom. The highest BCUT2D eigenvalue weighted by Gasteiger charge is 2.22. The van der Waals surface area contributed by atoms with Crippen LogP contribution in [0.3, 0.4) is 0 Å². The minimum atomic E-state index is 0.274. The maximum atomic E-state index is 12.2. The number of likely N-dealkylation sites (tertiary alicyclic amines) is 1. The number of piperidine rings is 1. The molecule has 5 heteroatoms. The molecule has 1 aromatic heterocycles. The van der Waals surface area contributed by atoms with Gasteiger partial charge in [-0.15, -0.1) is 11.3 Å². The second kappa shape index (κ2) is 7.41. The van der Waals surface area contributed by atoms with Crippen molar-refractivity contribution in [2.75, 3.05) is 26.2 Å². The first-order valence-corrected chi connectivity index (χ1v) is 8.52. The fraction of sp³-hybridized carbons (Fsp3) is 0.643. The van der Waals surface area contributed by atoms with Crippen molar-refractivity contribution >= 4 is 33.2 Å². The molecule has 0 bridgehead atoms. The van der Waals surface area contributed by atoms with E-state index < -0.39 is 0 Å². The normalized spacial score (nSPS) is 16.8. The lowest BCUT2D eigenvalue weighted by atomic mass is 9.96. The number of nitrogens with zero attached hydrogens (tertiary/aromatic N) is 1. The second-order valence-corrected chi connectivity index (χ2v) is 7.56. The summed E-state index contributed by atoms with van der Waals surface area (Å²) in [4.78, 5) is 15.4. The fourth-order valence-electron chi connectivity index (χ4n) is 2.44. The Bertz CT molecular complexity index is 413. The quantitative estimate of drug-likeness (QED) is 0.890. The third kappa shape index (κ3) is 4.58. The van der Waals surface area contributed by atoms with Gasteiger partial charge in [0.05, 0.1) is 10.2 Å². The van der Waals surface area contributed by atoms with Gasteiger partial charge in [0.1, 0.15) is 0 Å². The number of hydrogen-bond acceptors (Lipinski definition) is 3. The molecule has 0 unspecified atom stereocenters. The van der Waals surface area contributed by atoms with Crippen molar-refractivity contribution < 1.29 is 4.79 Å². The Kier molecular flexibility index (Phi) is 5.85. The SMILES string of the molecule is CCNCC1CCN(C(=O)Cc2ccc(Br)s2)CC1. The predicted octanol–water partition coefficient (Wildman–Crippen LogP) is 2.90. The van der Waals surface area contributed by atoms with Crippen LogP contribution in [0.2, 0.25) is 0 Å². The zero-order chi connectivity index (χ0) is 13.7. The van der Waals surface area contributed by atoms with E-state index in [0.29, 0.717) is 6.42 Å². The summed E-state index contributed by atoms with van der Waals surface area (Å²) in [6.07, 6.45) is 2.81. The van der Waals surface area contributed by atoms with Crippen LogP contribution >= 0.6 is 27.3 Å². The highest BCUT2D eigenvalue weighted by Crippen LogP contribution is 2.24. The number of carbonyl (C=O) groups excluding carboxylic acids is 1. The second-order valence-electron chi connectivity index (χ2n) is 5.01. The van der Waals surface area contributed by atoms with Crippen molar-refractivity contribution in [1.82, 2.24) is 10.2 Å². The van der Waals surface area contributed by atoms with Crippen molar-refractivity contribution in [3.63, 3.8) is 0 Å². The average Bonchev–Trinajstić information content (AvgIpc) is 2.82. The minimum absolute atomic E-state index is 0.274. The van der Waals surface area contributed by atoms with Gasteiger partial charge in [0.25, 0.3) is 0 Å². The standard InChI is InChI=1S/C14H21BrN2OS/c1-2-16-10-11-5-7-17(8-6-11)14(18)9-12-3-4-13(15)19-12/h3-4,11,16H,2,5-10H2,1H3. The Balaban J connectivity index is 1.76. The molecule has 0 radical (unpaired) electrons. The van der Waals surface area contributed by atoms with E-state index in [1.165, 1.54) is 0 Å². The van der Waals surface area contributed by atoms with Gasteiger partial charge in [-0.3, -0.25) is 4.79 Å². The summed E-state index contributed by atoms with van der Waals surface area (Å²) in [5, 5.41) is 3.40. The summed E-state index contributed by atoms with van der Waals surface area (Å²) >= 11 is 5.09. The van der Waals surface area contributed by atoms with Gasteiger partial charge >= 0.3 is 0 Å². The number of carbonyl (C=O) groups is 1. The van der Waals surface area contributed by atoms with Crippen LogP contribution in [0, 0.1) is 5.92 Å². The van der Waals surface area contributed by atoms with Crippen LogP contribution in [0.15, 0.2) is 15.9 Å². The van der Waals surface area contributed by atoms with Crippen LogP contribution < -0.4 is 5.32 Å². The minimum Gasteiger partial charge on any atom is -0.342 e. The van der Waals surface area contributed by atoms with Crippen LogP contribution in [-0.2, 0) is 11.2 Å². The Morgan fingerprint density at radius 1 is 1.47 bits per heavy atom. The molecule has 1 aliphatic rings. The molecule has 0 aromatic carbocycles. The van der Waals surface area contributed by atoms with E-state index >= 15 is 0 Å². The van der Waals surface area contributed by atoms with E-state index in [1.54, 1.807) is 11.3 Å². The molecule has 0 aliphatic carbocycles. The number of halogens is 1. The zero-order valence-electron chi connectivity index (χ0n) is 11.3. The predicted molar refractivity (Wildman–Crippen MR) is 83.6 cm³/mol. The van der Waals surface area contributed by atoms with E-state index in [9.17, 15) is 4.79 Å². The molecule has 3 nitrogen and oxygen atoms in total. The summed E-state index contributed by atoms with van der Waals surface area (Å²) in [5.74, 6) is 1.01. The molecule has 106 valence electrons. The van der Waals surface area contributed by atoms with Crippen LogP contribution in [0.5, 0.6) is 0 Å². The monoisotopic (exact) mass is 344 g/mol. The lowest BCUT2D eigenvalue weighted by Gasteiger charge is -2.32. The van der Waals surface area contributed by atoms with Gasteiger partial charge in [0, 0.05) is 18.0 Å². The Labute approximate surface area is 127 Å². The maximum absolute atomic E-state index is 12.2. The number of rotatable bonds is 5. The van der Waals surface area contributed by atoms with Crippen LogP contribution in [-0.4, -0.2) is 37.0 Å². The molecule has 0 spiro atoms. The highest BCUT2D eigenvalue weighted by molar-refractivity contribution is 9.11. The molecule has 2 heterocycles. The number of nitrogens with one attached hydrogen (secondary N) is 1. The topological polar surface area (TPSA) is 32.3 Å². The maximum Gasteiger partial charge on any atom is 0.227 e. The van der Waals surface area contributed by atoms with Crippen molar-refractivity contribution in [3.8, 4) is 0 Å². The zero-order valence-corrected chi connectivity index (χ0v) is 13.7. The van der Waals surface area contributed by atoms with E-state index in [0.717, 1.165) is 53.6 Å². The third-order valence-electron chi connectivity index (χ3n) is 3.60. The molecular formula is C14H21BrN2OS. The van der Waals surface area contributed by atoms with Crippen LogP contribution in [0.25, 0.3) is 0 Å². The van der Waals surface area contributed by atoms with Gasteiger partial charge < -0.3 is 10.2 Å². The summed E-state index contributed by atoms with van der Waals surface area (Å²) < 4.78 is 1.10. The van der Waals surface area contributed by atoms with Gasteiger partial charge in [-0.05, 0) is 59.9 Å². The van der Waals surface area contributed by atoms with E-state index in [4.69, 9.17) is 0 Å². The van der Waals surface area contributed by atoms with Crippen LogP contribution in [0.4, 0.5) is 0 Å². The van der Waals surface area contributed by atoms with Gasteiger partial charge in [-0.1, -0.05) is 6.92 Å². The molecule has 1 aromatic rings. The van der Waals surface area contributed by atoms with Crippen molar-refractivity contribution in [1.29, 1.82) is 0 Å². The average molecular weight is 345 g/mol. The molecule has 19 heavy (non-hydrogen) atoms. The summed E-state index contributed by atoms with van der Waals surface area (Å²) in [7, 11) is 0. The first kappa shape index (κ1) is 15.0. The Hall–Kier alpha value is -0.390. The first-order valence-electron chi connectivity index (χ1n) is 6.91. The van der Waals surface area contributed by atoms with Gasteiger partial charge in [0.2, 0.25) is 5.91 Å². The molecule has 1 fully saturated rings. The van der Waals surface area contributed by atoms with Crippen LogP contribution in [0.1, 0.15) is 24.6 Å². The smallest absolute Gasteiger partial charge is 0.227 e. The van der Waals surface area contributed by atoms with Crippen molar-refractivity contribution in [3.05, 3.63) is 20.8 Å². The van der Waals surface area contributed by atoms with Gasteiger partial charge in [-0.2, -0.15) is 0 Å². The highest BCUT2D eigenvalue weighted by atomic mass is 79.9. The third-order valence-corrected chi connectivity index (χ3v) is 5.23. The molecule has 1 N–H and O–H groups in total. The molecule has 0 atom stereocenters. The fourth-order valence-corrected chi connectivity index (χ4v) is 3.92. The number of amides is 1. The summed E-state index contributed by atoms with van der Waals surface area (Å²) in [6.45, 7) is 6.10. The number of hydrogen-bond donors (Lipinski definition) is 1. The van der Waals surface area contributed by atoms with Crippen molar-refractivity contribution in [2.45, 2.75) is 26.2 Å². The first-order chi connectivity index (χ1) is 9.19. The lowest BCUT2D eigenvalue weighted by molar-refractivity contribution is -0.131. The van der Waals surface area contributed by atoms with E-state index in [2.05, 4.69) is 28.2 Å². The van der Waals surface area contributed by atoms with Gasteiger partial charge in [-0.25, -0.2) is 0 Å². The molecule has 2 rings (SSSR count). The molecular weight excluding hydrogens is 324 g/mol. The lowest BCUT2D eigenvalue weighted by Crippen LogP contribution is -2.41. The molecule has 1 saturated heterocycles. The molecule has 0 saturated carbocycles. The largest absolute Gasteiger partial charge is 0.342 e. The molecule has 1 aliphatic heterocycles. The van der Waals surface area contributed by atoms with Crippen molar-refractivity contribution in [2.24, 2.45) is 5.92 Å². The summed E-state index contributed by atoms with van der Waals surface area (Å²) in [5.41, 5.74) is 0. The Morgan fingerprint density at radius 2 is 2.21 bits per heavy atom. The molecule has 1 amide bonds. The van der Waals surface area contributed by atoms with Gasteiger partial charge in [0.15, 0.2) is 0 Å².